The number of rotatable bonds is 6. The first-order valence-corrected chi connectivity index (χ1v) is 11.1. The van der Waals surface area contributed by atoms with Gasteiger partial charge in [-0.15, -0.1) is 0 Å². The Morgan fingerprint density at radius 2 is 1.69 bits per heavy atom. The van der Waals surface area contributed by atoms with Gasteiger partial charge in [0.2, 0.25) is 10.0 Å². The van der Waals surface area contributed by atoms with Gasteiger partial charge < -0.3 is 4.74 Å². The van der Waals surface area contributed by atoms with Gasteiger partial charge in [0, 0.05) is 12.1 Å². The van der Waals surface area contributed by atoms with Crippen LogP contribution in [0.3, 0.4) is 0 Å². The van der Waals surface area contributed by atoms with Crippen LogP contribution >= 0.6 is 0 Å². The molecule has 1 heterocycles. The van der Waals surface area contributed by atoms with E-state index in [-0.39, 0.29) is 23.8 Å². The monoisotopic (exact) mass is 415 g/mol. The maximum atomic E-state index is 13.1. The summed E-state index contributed by atoms with van der Waals surface area (Å²) in [7, 11) is -3.87. The maximum Gasteiger partial charge on any atom is 0.324 e. The van der Waals surface area contributed by atoms with Gasteiger partial charge in [0.05, 0.1) is 4.90 Å². The zero-order chi connectivity index (χ0) is 21.0. The fourth-order valence-corrected chi connectivity index (χ4v) is 5.01. The smallest absolute Gasteiger partial charge is 0.324 e. The third kappa shape index (κ3) is 4.92. The summed E-state index contributed by atoms with van der Waals surface area (Å²) in [6.07, 6.45) is 1.88. The van der Waals surface area contributed by atoms with Crippen LogP contribution in [-0.4, -0.2) is 37.1 Å². The molecule has 1 fully saturated rings. The Balaban J connectivity index is 1.76. The molecular weight excluding hydrogens is 390 g/mol. The highest BCUT2D eigenvalue weighted by atomic mass is 32.2. The molecule has 2 aromatic carbocycles. The molecule has 0 amide bonds. The van der Waals surface area contributed by atoms with E-state index < -0.39 is 22.0 Å². The molecule has 29 heavy (non-hydrogen) atoms. The van der Waals surface area contributed by atoms with Crippen LogP contribution in [0.15, 0.2) is 53.4 Å². The van der Waals surface area contributed by atoms with Gasteiger partial charge in [-0.05, 0) is 50.8 Å². The molecule has 0 radical (unpaired) electrons. The van der Waals surface area contributed by atoms with Crippen molar-refractivity contribution in [3.8, 4) is 0 Å². The van der Waals surface area contributed by atoms with Crippen molar-refractivity contribution < 1.29 is 22.7 Å². The van der Waals surface area contributed by atoms with Gasteiger partial charge in [0.15, 0.2) is 5.78 Å². The van der Waals surface area contributed by atoms with Crippen molar-refractivity contribution in [1.82, 2.24) is 4.31 Å². The lowest BCUT2D eigenvalue weighted by molar-refractivity contribution is -0.150. The van der Waals surface area contributed by atoms with Crippen LogP contribution in [0.5, 0.6) is 0 Å². The molecule has 0 spiro atoms. The number of carbonyl (C=O) groups is 2. The van der Waals surface area contributed by atoms with E-state index in [0.717, 1.165) is 17.5 Å². The zero-order valence-corrected chi connectivity index (χ0v) is 17.4. The third-order valence-electron chi connectivity index (χ3n) is 5.09. The highest BCUT2D eigenvalue weighted by Gasteiger charge is 2.38. The summed E-state index contributed by atoms with van der Waals surface area (Å²) in [6.45, 7) is 3.77. The van der Waals surface area contributed by atoms with Crippen molar-refractivity contribution in [2.24, 2.45) is 0 Å². The van der Waals surface area contributed by atoms with E-state index in [1.807, 2.05) is 31.2 Å². The number of piperidine rings is 1. The normalized spacial score (nSPS) is 17.7. The molecule has 154 valence electrons. The summed E-state index contributed by atoms with van der Waals surface area (Å²) in [5, 5.41) is 0. The van der Waals surface area contributed by atoms with Crippen molar-refractivity contribution in [3.05, 3.63) is 65.2 Å². The molecule has 0 aliphatic carbocycles. The van der Waals surface area contributed by atoms with Crippen molar-refractivity contribution in [2.75, 3.05) is 6.54 Å². The summed E-state index contributed by atoms with van der Waals surface area (Å²) >= 11 is 0. The average molecular weight is 416 g/mol. The predicted octanol–water partition coefficient (Wildman–Crippen LogP) is 3.48. The Bertz CT molecular complexity index is 981. The van der Waals surface area contributed by atoms with Gasteiger partial charge in [-0.25, -0.2) is 8.42 Å². The second-order valence-corrected chi connectivity index (χ2v) is 9.19. The van der Waals surface area contributed by atoms with Crippen LogP contribution in [0.4, 0.5) is 0 Å². The highest BCUT2D eigenvalue weighted by molar-refractivity contribution is 7.89. The van der Waals surface area contributed by atoms with Crippen LogP contribution in [0.1, 0.15) is 47.7 Å². The van der Waals surface area contributed by atoms with E-state index in [9.17, 15) is 18.0 Å². The molecule has 1 atom stereocenters. The standard InChI is InChI=1S/C22H25NO5S/c1-16-6-8-18(9-7-16)15-28-22(25)21-5-3-4-14-23(21)29(26,27)20-12-10-19(11-13-20)17(2)24/h6-13,21H,3-5,14-15H2,1-2H3. The molecule has 7 heteroatoms. The molecule has 3 rings (SSSR count). The fourth-order valence-electron chi connectivity index (χ4n) is 3.36. The summed E-state index contributed by atoms with van der Waals surface area (Å²) in [5.41, 5.74) is 2.41. The SMILES string of the molecule is CC(=O)c1ccc(S(=O)(=O)N2CCCCC2C(=O)OCc2ccc(C)cc2)cc1. The fraction of sp³-hybridized carbons (Fsp3) is 0.364. The molecule has 2 aromatic rings. The maximum absolute atomic E-state index is 13.1. The number of ketones is 1. The van der Waals surface area contributed by atoms with Crippen LogP contribution in [0, 0.1) is 6.92 Å². The second kappa shape index (κ2) is 8.88. The molecule has 0 bridgehead atoms. The minimum Gasteiger partial charge on any atom is -0.460 e. The van der Waals surface area contributed by atoms with E-state index in [0.29, 0.717) is 18.4 Å². The van der Waals surface area contributed by atoms with Crippen molar-refractivity contribution in [3.63, 3.8) is 0 Å². The lowest BCUT2D eigenvalue weighted by Gasteiger charge is -2.33. The Labute approximate surface area is 171 Å². The molecule has 6 nitrogen and oxygen atoms in total. The minimum atomic E-state index is -3.87. The number of esters is 1. The molecule has 1 unspecified atom stereocenters. The number of hydrogen-bond donors (Lipinski definition) is 0. The first-order valence-electron chi connectivity index (χ1n) is 9.64. The predicted molar refractivity (Wildman–Crippen MR) is 109 cm³/mol. The molecular formula is C22H25NO5S. The Morgan fingerprint density at radius 1 is 1.03 bits per heavy atom. The molecule has 0 aromatic heterocycles. The topological polar surface area (TPSA) is 80.8 Å². The Kier molecular flexibility index (Phi) is 6.49. The first-order chi connectivity index (χ1) is 13.8. The summed E-state index contributed by atoms with van der Waals surface area (Å²) in [4.78, 5) is 24.2. The number of ether oxygens (including phenoxy) is 1. The van der Waals surface area contributed by atoms with Gasteiger partial charge in [-0.3, -0.25) is 9.59 Å². The first kappa shape index (κ1) is 21.2. The summed E-state index contributed by atoms with van der Waals surface area (Å²) in [5.74, 6) is -0.668. The number of Topliss-reactive ketones (excluding diaryl/α,β-unsaturated/α-hetero) is 1. The van der Waals surface area contributed by atoms with Crippen LogP contribution in [0.25, 0.3) is 0 Å². The van der Waals surface area contributed by atoms with E-state index in [1.165, 1.54) is 35.5 Å². The Hall–Kier alpha value is -2.51. The van der Waals surface area contributed by atoms with E-state index >= 15 is 0 Å². The van der Waals surface area contributed by atoms with Gasteiger partial charge in [0.1, 0.15) is 12.6 Å². The number of benzene rings is 2. The van der Waals surface area contributed by atoms with E-state index in [2.05, 4.69) is 0 Å². The van der Waals surface area contributed by atoms with E-state index in [1.54, 1.807) is 0 Å². The van der Waals surface area contributed by atoms with Crippen LogP contribution < -0.4 is 0 Å². The van der Waals surface area contributed by atoms with Gasteiger partial charge >= 0.3 is 5.97 Å². The van der Waals surface area contributed by atoms with Gasteiger partial charge in [-0.1, -0.05) is 42.0 Å². The number of sulfonamides is 1. The van der Waals surface area contributed by atoms with Crippen molar-refractivity contribution in [1.29, 1.82) is 0 Å². The lowest BCUT2D eigenvalue weighted by atomic mass is 10.1. The second-order valence-electron chi connectivity index (χ2n) is 7.30. The summed E-state index contributed by atoms with van der Waals surface area (Å²) < 4.78 is 32.9. The molecule has 1 aliphatic rings. The zero-order valence-electron chi connectivity index (χ0n) is 16.6. The largest absolute Gasteiger partial charge is 0.460 e. The molecule has 0 saturated carbocycles. The van der Waals surface area contributed by atoms with Crippen molar-refractivity contribution >= 4 is 21.8 Å². The minimum absolute atomic E-state index is 0.0701. The van der Waals surface area contributed by atoms with Gasteiger partial charge in [-0.2, -0.15) is 4.31 Å². The van der Waals surface area contributed by atoms with Gasteiger partial charge in [0.25, 0.3) is 0 Å². The Morgan fingerprint density at radius 3 is 2.31 bits per heavy atom. The number of nitrogens with zero attached hydrogens (tertiary/aromatic N) is 1. The third-order valence-corrected chi connectivity index (χ3v) is 7.02. The highest BCUT2D eigenvalue weighted by Crippen LogP contribution is 2.26. The van der Waals surface area contributed by atoms with Crippen molar-refractivity contribution in [2.45, 2.75) is 50.7 Å². The van der Waals surface area contributed by atoms with E-state index in [4.69, 9.17) is 4.74 Å². The molecule has 1 aliphatic heterocycles. The molecule has 0 N–H and O–H groups in total. The quantitative estimate of drug-likeness (QED) is 0.533. The van der Waals surface area contributed by atoms with Crippen LogP contribution in [0.2, 0.25) is 0 Å². The number of aryl methyl sites for hydroxylation is 1. The number of hydrogen-bond acceptors (Lipinski definition) is 5. The van der Waals surface area contributed by atoms with Crippen LogP contribution in [-0.2, 0) is 26.2 Å². The average Bonchev–Trinajstić information content (AvgIpc) is 2.73. The summed E-state index contributed by atoms with van der Waals surface area (Å²) in [6, 6.07) is 12.6. The lowest BCUT2D eigenvalue weighted by Crippen LogP contribution is -2.48. The number of carbonyl (C=O) groups excluding carboxylic acids is 2. The molecule has 1 saturated heterocycles.